The molecule has 0 aliphatic carbocycles. The molecule has 1 amide bonds. The average Bonchev–Trinajstić information content (AvgIpc) is 2.74. The van der Waals surface area contributed by atoms with E-state index < -0.39 is 0 Å². The highest BCUT2D eigenvalue weighted by Gasteiger charge is 2.33. The van der Waals surface area contributed by atoms with E-state index in [-0.39, 0.29) is 18.0 Å². The van der Waals surface area contributed by atoms with Crippen molar-refractivity contribution in [1.29, 1.82) is 0 Å². The summed E-state index contributed by atoms with van der Waals surface area (Å²) in [6.45, 7) is 8.23. The zero-order valence-electron chi connectivity index (χ0n) is 18.3. The second kappa shape index (κ2) is 15.1. The van der Waals surface area contributed by atoms with Gasteiger partial charge in [-0.15, -0.1) is 6.58 Å². The number of hydrogen-bond donors (Lipinski definition) is 1. The maximum absolute atomic E-state index is 12.4. The molecule has 0 radical (unpaired) electrons. The quantitative estimate of drug-likeness (QED) is 0.503. The minimum atomic E-state index is 0.187. The number of allylic oxidation sites excluding steroid dienone is 1. The van der Waals surface area contributed by atoms with Gasteiger partial charge in [-0.2, -0.15) is 0 Å². The molecule has 2 atom stereocenters. The second-order valence-electron chi connectivity index (χ2n) is 7.08. The Morgan fingerprint density at radius 2 is 1.70 bits per heavy atom. The van der Waals surface area contributed by atoms with Crippen LogP contribution in [0.2, 0.25) is 10.0 Å². The molecular formula is C25H34Cl2N2O. The van der Waals surface area contributed by atoms with Crippen LogP contribution in [0.1, 0.15) is 51.1 Å². The summed E-state index contributed by atoms with van der Waals surface area (Å²) in [6, 6.07) is 17.8. The van der Waals surface area contributed by atoms with Crippen LogP contribution in [0.4, 0.5) is 0 Å². The number of rotatable bonds is 5. The van der Waals surface area contributed by atoms with Crippen molar-refractivity contribution in [2.24, 2.45) is 0 Å². The van der Waals surface area contributed by atoms with Gasteiger partial charge in [-0.3, -0.25) is 4.79 Å². The predicted octanol–water partition coefficient (Wildman–Crippen LogP) is 6.92. The third kappa shape index (κ3) is 8.91. The van der Waals surface area contributed by atoms with Crippen molar-refractivity contribution < 1.29 is 4.79 Å². The smallest absolute Gasteiger partial charge is 0.223 e. The van der Waals surface area contributed by atoms with E-state index in [0.29, 0.717) is 6.42 Å². The fourth-order valence-corrected chi connectivity index (χ4v) is 3.72. The lowest BCUT2D eigenvalue weighted by atomic mass is 9.92. The number of hydrogen-bond acceptors (Lipinski definition) is 2. The van der Waals surface area contributed by atoms with Crippen LogP contribution < -0.4 is 5.32 Å². The van der Waals surface area contributed by atoms with E-state index in [4.69, 9.17) is 23.2 Å². The highest BCUT2D eigenvalue weighted by molar-refractivity contribution is 6.30. The Bertz CT molecular complexity index is 735. The number of amides is 1. The predicted molar refractivity (Wildman–Crippen MR) is 130 cm³/mol. The van der Waals surface area contributed by atoms with Gasteiger partial charge in [0.05, 0.1) is 6.04 Å². The first kappa shape index (κ1) is 26.2. The maximum atomic E-state index is 12.4. The number of carbonyl (C=O) groups is 1. The summed E-state index contributed by atoms with van der Waals surface area (Å²) >= 11 is 11.5. The summed E-state index contributed by atoms with van der Waals surface area (Å²) in [6.07, 6.45) is 5.40. The van der Waals surface area contributed by atoms with Gasteiger partial charge in [-0.05, 0) is 63.1 Å². The summed E-state index contributed by atoms with van der Waals surface area (Å²) in [4.78, 5) is 14.5. The number of likely N-dealkylation sites (tertiary alicyclic amines) is 1. The van der Waals surface area contributed by atoms with E-state index in [1.807, 2.05) is 68.6 Å². The first-order valence-corrected chi connectivity index (χ1v) is 11.2. The standard InChI is InChI=1S/C16H23ClN2O.C6H5Cl.C3H6/c1-3-14(11-18-2)19-15(5-4-6-16(19)20)12-7-9-13(17)10-8-12;7-6-4-2-1-3-5-6;1-3-2/h7-10,14-15,18H,3-6,11H2,1-2H3;1-5H;3H,1H2,2H3/t14?,15-;;/m0../s1. The second-order valence-corrected chi connectivity index (χ2v) is 7.96. The van der Waals surface area contributed by atoms with Crippen molar-refractivity contribution in [2.45, 2.75) is 51.6 Å². The minimum absolute atomic E-state index is 0.187. The molecule has 1 unspecified atom stereocenters. The summed E-state index contributed by atoms with van der Waals surface area (Å²) in [5.74, 6) is 0.276. The van der Waals surface area contributed by atoms with Gasteiger partial charge < -0.3 is 10.2 Å². The number of benzene rings is 2. The van der Waals surface area contributed by atoms with Gasteiger partial charge in [0, 0.05) is 29.1 Å². The van der Waals surface area contributed by atoms with Crippen molar-refractivity contribution in [3.63, 3.8) is 0 Å². The highest BCUT2D eigenvalue weighted by atomic mass is 35.5. The zero-order chi connectivity index (χ0) is 22.4. The number of piperidine rings is 1. The normalized spacial score (nSPS) is 16.5. The van der Waals surface area contributed by atoms with Gasteiger partial charge >= 0.3 is 0 Å². The molecule has 2 aromatic carbocycles. The molecule has 0 aromatic heterocycles. The first-order valence-electron chi connectivity index (χ1n) is 10.5. The molecule has 30 heavy (non-hydrogen) atoms. The van der Waals surface area contributed by atoms with E-state index >= 15 is 0 Å². The van der Waals surface area contributed by atoms with Gasteiger partial charge in [0.1, 0.15) is 0 Å². The van der Waals surface area contributed by atoms with Gasteiger partial charge in [-0.25, -0.2) is 0 Å². The molecule has 1 fully saturated rings. The Morgan fingerprint density at radius 3 is 2.17 bits per heavy atom. The summed E-state index contributed by atoms with van der Waals surface area (Å²) in [5.41, 5.74) is 1.19. The molecule has 0 saturated carbocycles. The van der Waals surface area contributed by atoms with Gasteiger partial charge in [0.2, 0.25) is 5.91 Å². The molecule has 1 saturated heterocycles. The molecule has 3 nitrogen and oxygen atoms in total. The van der Waals surface area contributed by atoms with Crippen molar-refractivity contribution in [3.05, 3.63) is 82.9 Å². The number of carbonyl (C=O) groups excluding carboxylic acids is 1. The Labute approximate surface area is 192 Å². The van der Waals surface area contributed by atoms with Crippen LogP contribution in [-0.4, -0.2) is 30.4 Å². The molecule has 5 heteroatoms. The van der Waals surface area contributed by atoms with Crippen LogP contribution in [0.25, 0.3) is 0 Å². The lowest BCUT2D eigenvalue weighted by Crippen LogP contribution is -2.48. The Kier molecular flexibility index (Phi) is 13.2. The lowest BCUT2D eigenvalue weighted by Gasteiger charge is -2.41. The molecule has 164 valence electrons. The Balaban J connectivity index is 0.000000372. The van der Waals surface area contributed by atoms with Crippen LogP contribution in [0.5, 0.6) is 0 Å². The van der Waals surface area contributed by atoms with Crippen molar-refractivity contribution in [2.75, 3.05) is 13.6 Å². The minimum Gasteiger partial charge on any atom is -0.331 e. The van der Waals surface area contributed by atoms with Gasteiger partial charge in [-0.1, -0.05) is 66.5 Å². The molecule has 2 aromatic rings. The molecule has 1 aliphatic rings. The highest BCUT2D eigenvalue weighted by Crippen LogP contribution is 2.34. The SMILES string of the molecule is C=CC.CCC(CNC)N1C(=O)CCC[C@H]1c1ccc(Cl)cc1.Clc1ccccc1. The van der Waals surface area contributed by atoms with E-state index in [0.717, 1.165) is 35.9 Å². The molecular weight excluding hydrogens is 415 g/mol. The fraction of sp³-hybridized carbons (Fsp3) is 0.400. The summed E-state index contributed by atoms with van der Waals surface area (Å²) < 4.78 is 0. The average molecular weight is 449 g/mol. The number of nitrogens with zero attached hydrogens (tertiary/aromatic N) is 1. The van der Waals surface area contributed by atoms with Crippen molar-refractivity contribution in [3.8, 4) is 0 Å². The van der Waals surface area contributed by atoms with Gasteiger partial charge in [0.15, 0.2) is 0 Å². The fourth-order valence-electron chi connectivity index (χ4n) is 3.45. The van der Waals surface area contributed by atoms with Crippen molar-refractivity contribution in [1.82, 2.24) is 10.2 Å². The lowest BCUT2D eigenvalue weighted by molar-refractivity contribution is -0.139. The van der Waals surface area contributed by atoms with Crippen molar-refractivity contribution >= 4 is 29.1 Å². The Hall–Kier alpha value is -1.81. The van der Waals surface area contributed by atoms with Gasteiger partial charge in [0.25, 0.3) is 0 Å². The van der Waals surface area contributed by atoms with E-state index in [2.05, 4.69) is 23.7 Å². The number of nitrogens with one attached hydrogen (secondary N) is 1. The maximum Gasteiger partial charge on any atom is 0.223 e. The third-order valence-electron chi connectivity index (χ3n) is 4.78. The van der Waals surface area contributed by atoms with E-state index in [1.54, 1.807) is 6.08 Å². The molecule has 1 aliphatic heterocycles. The third-order valence-corrected chi connectivity index (χ3v) is 5.29. The van der Waals surface area contributed by atoms with Crippen LogP contribution in [0, 0.1) is 0 Å². The van der Waals surface area contributed by atoms with Crippen LogP contribution >= 0.6 is 23.2 Å². The first-order chi connectivity index (χ1) is 14.5. The van der Waals surface area contributed by atoms with Crippen LogP contribution in [0.15, 0.2) is 67.3 Å². The Morgan fingerprint density at radius 1 is 1.13 bits per heavy atom. The molecule has 1 heterocycles. The summed E-state index contributed by atoms with van der Waals surface area (Å²) in [7, 11) is 1.94. The summed E-state index contributed by atoms with van der Waals surface area (Å²) in [5, 5.41) is 4.74. The monoisotopic (exact) mass is 448 g/mol. The molecule has 1 N–H and O–H groups in total. The van der Waals surface area contributed by atoms with Crippen LogP contribution in [0.3, 0.4) is 0 Å². The molecule has 3 rings (SSSR count). The van der Waals surface area contributed by atoms with E-state index in [9.17, 15) is 4.79 Å². The largest absolute Gasteiger partial charge is 0.331 e. The van der Waals surface area contributed by atoms with E-state index in [1.165, 1.54) is 5.56 Å². The zero-order valence-corrected chi connectivity index (χ0v) is 19.8. The number of likely N-dealkylation sites (N-methyl/N-ethyl adjacent to an activating group) is 1. The number of halogens is 2. The topological polar surface area (TPSA) is 32.3 Å². The molecule has 0 bridgehead atoms. The van der Waals surface area contributed by atoms with Crippen LogP contribution in [-0.2, 0) is 4.79 Å². The molecule has 0 spiro atoms.